The maximum atomic E-state index is 10.8. The summed E-state index contributed by atoms with van der Waals surface area (Å²) < 4.78 is 11.3. The first-order valence-corrected chi connectivity index (χ1v) is 8.16. The second-order valence-corrected chi connectivity index (χ2v) is 6.16. The summed E-state index contributed by atoms with van der Waals surface area (Å²) in [5.41, 5.74) is 9.64. The van der Waals surface area contributed by atoms with Crippen LogP contribution in [0.1, 0.15) is 11.3 Å². The lowest BCUT2D eigenvalue weighted by atomic mass is 10.2. The van der Waals surface area contributed by atoms with E-state index in [2.05, 4.69) is 31.4 Å². The van der Waals surface area contributed by atoms with Crippen LogP contribution in [0.25, 0.3) is 0 Å². The molecule has 1 aromatic heterocycles. The Balaban J connectivity index is 2.13. The van der Waals surface area contributed by atoms with Gasteiger partial charge in [0.2, 0.25) is 5.13 Å². The molecule has 23 heavy (non-hydrogen) atoms. The molecule has 0 fully saturated rings. The molecule has 0 saturated carbocycles. The van der Waals surface area contributed by atoms with Gasteiger partial charge >= 0.3 is 0 Å². The molecule has 0 atom stereocenters. The van der Waals surface area contributed by atoms with Crippen molar-refractivity contribution in [1.82, 2.24) is 4.98 Å². The van der Waals surface area contributed by atoms with Gasteiger partial charge in [0, 0.05) is 15.4 Å². The third-order valence-electron chi connectivity index (χ3n) is 2.64. The van der Waals surface area contributed by atoms with Gasteiger partial charge in [-0.1, -0.05) is 0 Å². The normalized spacial score (nSPS) is 10.7. The molecule has 0 radical (unpaired) electrons. The fraction of sp³-hybridized carbons (Fsp3) is 0.214. The predicted molar refractivity (Wildman–Crippen MR) is 93.5 cm³/mol. The van der Waals surface area contributed by atoms with Crippen molar-refractivity contribution in [2.45, 2.75) is 6.92 Å². The van der Waals surface area contributed by atoms with Gasteiger partial charge in [0.15, 0.2) is 18.1 Å². The van der Waals surface area contributed by atoms with Crippen molar-refractivity contribution in [3.05, 3.63) is 33.2 Å². The van der Waals surface area contributed by atoms with E-state index in [-0.39, 0.29) is 6.61 Å². The monoisotopic (exact) mass is 398 g/mol. The number of aryl methyl sites for hydroxylation is 1. The zero-order valence-electron chi connectivity index (χ0n) is 12.5. The van der Waals surface area contributed by atoms with Gasteiger partial charge in [0.1, 0.15) is 0 Å². The molecule has 0 aliphatic heterocycles. The van der Waals surface area contributed by atoms with Gasteiger partial charge in [-0.2, -0.15) is 5.10 Å². The Kier molecular flexibility index (Phi) is 5.94. The number of carbonyl (C=O) groups excluding carboxylic acids is 1. The van der Waals surface area contributed by atoms with Crippen molar-refractivity contribution in [2.75, 3.05) is 19.1 Å². The molecule has 2 rings (SSSR count). The second kappa shape index (κ2) is 7.93. The highest BCUT2D eigenvalue weighted by molar-refractivity contribution is 9.10. The van der Waals surface area contributed by atoms with Gasteiger partial charge < -0.3 is 15.2 Å². The molecule has 9 heteroatoms. The number of aromatic nitrogens is 1. The van der Waals surface area contributed by atoms with Crippen LogP contribution in [0, 0.1) is 6.92 Å². The maximum absolute atomic E-state index is 10.8. The summed E-state index contributed by atoms with van der Waals surface area (Å²) in [6.45, 7) is 1.69. The molecule has 2 aromatic rings. The van der Waals surface area contributed by atoms with Gasteiger partial charge in [-0.05, 0) is 35.0 Å². The Morgan fingerprint density at radius 1 is 1.52 bits per heavy atom. The molecule has 7 nitrogen and oxygen atoms in total. The van der Waals surface area contributed by atoms with E-state index in [1.54, 1.807) is 18.3 Å². The summed E-state index contributed by atoms with van der Waals surface area (Å²) >= 11 is 4.90. The Labute approximate surface area is 145 Å². The minimum Gasteiger partial charge on any atom is -0.493 e. The molecular weight excluding hydrogens is 384 g/mol. The molecule has 0 unspecified atom stereocenters. The first-order chi connectivity index (χ1) is 11.0. The average molecular weight is 399 g/mol. The van der Waals surface area contributed by atoms with Crippen LogP contribution in [0.3, 0.4) is 0 Å². The highest BCUT2D eigenvalue weighted by Gasteiger charge is 2.10. The fourth-order valence-electron chi connectivity index (χ4n) is 1.63. The number of rotatable bonds is 7. The molecule has 0 aliphatic rings. The smallest absolute Gasteiger partial charge is 0.255 e. The van der Waals surface area contributed by atoms with E-state index in [1.165, 1.54) is 18.4 Å². The maximum Gasteiger partial charge on any atom is 0.255 e. The minimum absolute atomic E-state index is 0.221. The van der Waals surface area contributed by atoms with E-state index in [0.717, 1.165) is 15.7 Å². The number of hydrogen-bond acceptors (Lipinski definition) is 7. The highest BCUT2D eigenvalue weighted by Crippen LogP contribution is 2.32. The van der Waals surface area contributed by atoms with Gasteiger partial charge in [-0.15, -0.1) is 11.3 Å². The lowest BCUT2D eigenvalue weighted by Gasteiger charge is -2.11. The Hall–Kier alpha value is -2.13. The zero-order valence-corrected chi connectivity index (χ0v) is 14.9. The molecule has 1 aromatic carbocycles. The second-order valence-electron chi connectivity index (χ2n) is 4.44. The van der Waals surface area contributed by atoms with Crippen LogP contribution in [0.2, 0.25) is 0 Å². The molecular formula is C14H15BrN4O3S. The lowest BCUT2D eigenvalue weighted by molar-refractivity contribution is -0.119. The highest BCUT2D eigenvalue weighted by atomic mass is 79.9. The molecule has 0 bridgehead atoms. The number of ether oxygens (including phenoxy) is 2. The number of amides is 1. The zero-order chi connectivity index (χ0) is 16.8. The number of nitrogens with zero attached hydrogens (tertiary/aromatic N) is 2. The summed E-state index contributed by atoms with van der Waals surface area (Å²) in [6, 6.07) is 3.43. The summed E-state index contributed by atoms with van der Waals surface area (Å²) in [6.07, 6.45) is 1.63. The van der Waals surface area contributed by atoms with Crippen LogP contribution in [-0.4, -0.2) is 30.8 Å². The molecule has 0 saturated heterocycles. The van der Waals surface area contributed by atoms with Crippen molar-refractivity contribution < 1.29 is 14.3 Å². The van der Waals surface area contributed by atoms with E-state index in [4.69, 9.17) is 15.2 Å². The Bertz CT molecular complexity index is 733. The average Bonchev–Trinajstić information content (AvgIpc) is 2.92. The van der Waals surface area contributed by atoms with Crippen molar-refractivity contribution in [2.24, 2.45) is 10.8 Å². The molecule has 1 amide bonds. The van der Waals surface area contributed by atoms with Gasteiger partial charge in [-0.25, -0.2) is 4.98 Å². The number of nitrogens with two attached hydrogens (primary N) is 1. The molecule has 122 valence electrons. The minimum atomic E-state index is -0.559. The largest absolute Gasteiger partial charge is 0.493 e. The third-order valence-corrected chi connectivity index (χ3v) is 4.19. The molecule has 0 aliphatic carbocycles. The van der Waals surface area contributed by atoms with Crippen LogP contribution in [0.4, 0.5) is 5.13 Å². The number of nitrogens with one attached hydrogen (secondary N) is 1. The topological polar surface area (TPSA) is 98.8 Å². The number of primary amides is 1. The van der Waals surface area contributed by atoms with E-state index < -0.39 is 5.91 Å². The van der Waals surface area contributed by atoms with Gasteiger partial charge in [0.05, 0.1) is 19.0 Å². The number of methoxy groups -OCH3 is 1. The van der Waals surface area contributed by atoms with Crippen LogP contribution >= 0.6 is 27.3 Å². The fourth-order valence-corrected chi connectivity index (χ4v) is 2.70. The van der Waals surface area contributed by atoms with Crippen molar-refractivity contribution in [3.8, 4) is 11.5 Å². The van der Waals surface area contributed by atoms with E-state index in [9.17, 15) is 4.79 Å². The number of benzene rings is 1. The number of hydrogen-bond donors (Lipinski definition) is 2. The number of hydrazone groups is 1. The lowest BCUT2D eigenvalue weighted by Crippen LogP contribution is -2.20. The first kappa shape index (κ1) is 17.2. The first-order valence-electron chi connectivity index (χ1n) is 6.49. The van der Waals surface area contributed by atoms with Crippen molar-refractivity contribution in [1.29, 1.82) is 0 Å². The Morgan fingerprint density at radius 3 is 2.91 bits per heavy atom. The quantitative estimate of drug-likeness (QED) is 0.551. The standard InChI is InChI=1S/C14H15BrN4O3S/c1-8-7-23-14(18-8)19-17-5-9-3-11(21-2)12(4-10(9)15)22-6-13(16)20/h3-5,7H,6H2,1-2H3,(H2,16,20)(H,18,19). The van der Waals surface area contributed by atoms with Crippen LogP contribution in [-0.2, 0) is 4.79 Å². The number of anilines is 1. The van der Waals surface area contributed by atoms with Crippen LogP contribution < -0.4 is 20.6 Å². The summed E-state index contributed by atoms with van der Waals surface area (Å²) in [5.74, 6) is 0.330. The van der Waals surface area contributed by atoms with Crippen LogP contribution in [0.15, 0.2) is 27.1 Å². The van der Waals surface area contributed by atoms with Crippen LogP contribution in [0.5, 0.6) is 11.5 Å². The SMILES string of the molecule is COc1cc(C=NNc2nc(C)cs2)c(Br)cc1OCC(N)=O. The summed E-state index contributed by atoms with van der Waals surface area (Å²) in [4.78, 5) is 15.1. The number of thiazole rings is 1. The molecule has 1 heterocycles. The molecule has 3 N–H and O–H groups in total. The summed E-state index contributed by atoms with van der Waals surface area (Å²) in [7, 11) is 1.51. The van der Waals surface area contributed by atoms with Gasteiger partial charge in [0.25, 0.3) is 5.91 Å². The Morgan fingerprint density at radius 2 is 2.30 bits per heavy atom. The predicted octanol–water partition coefficient (Wildman–Crippen LogP) is 2.53. The van der Waals surface area contributed by atoms with Crippen molar-refractivity contribution in [3.63, 3.8) is 0 Å². The third kappa shape index (κ3) is 4.93. The molecule has 0 spiro atoms. The van der Waals surface area contributed by atoms with E-state index in [0.29, 0.717) is 16.6 Å². The summed E-state index contributed by atoms with van der Waals surface area (Å²) in [5, 5.41) is 6.78. The van der Waals surface area contributed by atoms with E-state index in [1.807, 2.05) is 12.3 Å². The van der Waals surface area contributed by atoms with Gasteiger partial charge in [-0.3, -0.25) is 10.2 Å². The van der Waals surface area contributed by atoms with Crippen molar-refractivity contribution >= 4 is 44.5 Å². The van der Waals surface area contributed by atoms with E-state index >= 15 is 0 Å². The number of carbonyl (C=O) groups is 1. The number of halogens is 1.